The van der Waals surface area contributed by atoms with E-state index in [0.717, 1.165) is 43.0 Å². The minimum Gasteiger partial charge on any atom is -0.393 e. The number of aliphatic hydroxyl groups excluding tert-OH is 1. The summed E-state index contributed by atoms with van der Waals surface area (Å²) in [6, 6.07) is 0. The molecular formula is C15H26N4O. The van der Waals surface area contributed by atoms with Crippen molar-refractivity contribution in [3.63, 3.8) is 0 Å². The van der Waals surface area contributed by atoms with Crippen LogP contribution in [-0.2, 0) is 5.41 Å². The predicted molar refractivity (Wildman–Crippen MR) is 81.7 cm³/mol. The summed E-state index contributed by atoms with van der Waals surface area (Å²) in [5.74, 6) is 2.37. The Hall–Kier alpha value is -1.36. The number of nitrogen functional groups attached to an aromatic ring is 1. The third-order valence-electron chi connectivity index (χ3n) is 4.00. The van der Waals surface area contributed by atoms with Crippen molar-refractivity contribution in [3.8, 4) is 0 Å². The maximum atomic E-state index is 9.88. The van der Waals surface area contributed by atoms with E-state index >= 15 is 0 Å². The molecule has 1 heterocycles. The van der Waals surface area contributed by atoms with Crippen molar-refractivity contribution in [2.75, 3.05) is 17.6 Å². The van der Waals surface area contributed by atoms with E-state index < -0.39 is 0 Å². The Morgan fingerprint density at radius 1 is 1.30 bits per heavy atom. The summed E-state index contributed by atoms with van der Waals surface area (Å²) in [6.07, 6.45) is 2.89. The zero-order valence-electron chi connectivity index (χ0n) is 12.9. The van der Waals surface area contributed by atoms with Crippen LogP contribution >= 0.6 is 0 Å². The van der Waals surface area contributed by atoms with E-state index in [1.54, 1.807) is 0 Å². The highest BCUT2D eigenvalue weighted by atomic mass is 16.3. The Bertz CT molecular complexity index is 481. The second-order valence-electron chi connectivity index (χ2n) is 6.80. The first-order chi connectivity index (χ1) is 9.29. The number of anilines is 2. The summed E-state index contributed by atoms with van der Waals surface area (Å²) < 4.78 is 0. The number of nitrogens with zero attached hydrogens (tertiary/aromatic N) is 2. The Balaban J connectivity index is 2.16. The van der Waals surface area contributed by atoms with Crippen molar-refractivity contribution in [2.24, 2.45) is 5.92 Å². The van der Waals surface area contributed by atoms with Gasteiger partial charge in [-0.05, 0) is 19.8 Å². The van der Waals surface area contributed by atoms with E-state index in [9.17, 15) is 5.11 Å². The number of nitrogens with two attached hydrogens (primary N) is 1. The van der Waals surface area contributed by atoms with Crippen molar-refractivity contribution < 1.29 is 5.11 Å². The molecule has 0 aromatic carbocycles. The molecule has 0 saturated heterocycles. The number of nitrogens with one attached hydrogen (secondary N) is 1. The van der Waals surface area contributed by atoms with E-state index in [1.807, 2.05) is 6.92 Å². The number of hydrogen-bond donors (Lipinski definition) is 3. The molecule has 1 aliphatic carbocycles. The Labute approximate surface area is 121 Å². The van der Waals surface area contributed by atoms with Crippen molar-refractivity contribution in [2.45, 2.75) is 58.5 Å². The highest BCUT2D eigenvalue weighted by Crippen LogP contribution is 2.28. The molecule has 4 N–H and O–H groups in total. The lowest BCUT2D eigenvalue weighted by Gasteiger charge is -2.21. The molecule has 5 nitrogen and oxygen atoms in total. The quantitative estimate of drug-likeness (QED) is 0.789. The first-order valence-corrected chi connectivity index (χ1v) is 7.35. The maximum absolute atomic E-state index is 9.88. The molecule has 1 fully saturated rings. The molecule has 20 heavy (non-hydrogen) atoms. The number of hydrogen-bond acceptors (Lipinski definition) is 5. The van der Waals surface area contributed by atoms with Crippen LogP contribution < -0.4 is 11.1 Å². The summed E-state index contributed by atoms with van der Waals surface area (Å²) in [5, 5.41) is 13.2. The average Bonchev–Trinajstić information content (AvgIpc) is 2.75. The van der Waals surface area contributed by atoms with Gasteiger partial charge in [-0.2, -0.15) is 0 Å². The van der Waals surface area contributed by atoms with Crippen molar-refractivity contribution in [1.82, 2.24) is 9.97 Å². The van der Waals surface area contributed by atoms with Gasteiger partial charge in [0, 0.05) is 23.4 Å². The van der Waals surface area contributed by atoms with Gasteiger partial charge >= 0.3 is 0 Å². The maximum Gasteiger partial charge on any atom is 0.138 e. The minimum atomic E-state index is -0.191. The van der Waals surface area contributed by atoms with Crippen LogP contribution in [0.25, 0.3) is 0 Å². The standard InChI is InChI=1S/C15H26N4O/c1-9-12(16)18-14(15(2,3)4)19-13(9)17-8-10-6-5-7-11(10)20/h10-11,20H,5-8H2,1-4H3,(H3,16,17,18,19). The van der Waals surface area contributed by atoms with Gasteiger partial charge in [-0.15, -0.1) is 0 Å². The predicted octanol–water partition coefficient (Wildman–Crippen LogP) is 2.24. The molecule has 112 valence electrons. The van der Waals surface area contributed by atoms with Crippen molar-refractivity contribution >= 4 is 11.6 Å². The molecule has 1 saturated carbocycles. The van der Waals surface area contributed by atoms with Gasteiger partial charge in [0.05, 0.1) is 6.10 Å². The van der Waals surface area contributed by atoms with Gasteiger partial charge < -0.3 is 16.2 Å². The summed E-state index contributed by atoms with van der Waals surface area (Å²) >= 11 is 0. The van der Waals surface area contributed by atoms with Crippen LogP contribution in [0.5, 0.6) is 0 Å². The SMILES string of the molecule is Cc1c(N)nc(C(C)(C)C)nc1NCC1CCCC1O. The number of rotatable bonds is 3. The van der Waals surface area contributed by atoms with Gasteiger partial charge in [-0.1, -0.05) is 27.2 Å². The third kappa shape index (κ3) is 3.20. The molecule has 1 aromatic heterocycles. The molecule has 1 aromatic rings. The Morgan fingerprint density at radius 2 is 2.00 bits per heavy atom. The molecule has 0 amide bonds. The van der Waals surface area contributed by atoms with Gasteiger partial charge in [-0.25, -0.2) is 9.97 Å². The van der Waals surface area contributed by atoms with Gasteiger partial charge in [0.15, 0.2) is 0 Å². The first-order valence-electron chi connectivity index (χ1n) is 7.35. The monoisotopic (exact) mass is 278 g/mol. The molecule has 2 rings (SSSR count). The Morgan fingerprint density at radius 3 is 2.55 bits per heavy atom. The zero-order valence-corrected chi connectivity index (χ0v) is 12.9. The topological polar surface area (TPSA) is 84.1 Å². The molecule has 0 spiro atoms. The third-order valence-corrected chi connectivity index (χ3v) is 4.00. The lowest BCUT2D eigenvalue weighted by molar-refractivity contribution is 0.138. The van der Waals surface area contributed by atoms with Gasteiger partial charge in [-0.3, -0.25) is 0 Å². The highest BCUT2D eigenvalue weighted by molar-refractivity contribution is 5.55. The van der Waals surface area contributed by atoms with Crippen LogP contribution in [0.4, 0.5) is 11.6 Å². The van der Waals surface area contributed by atoms with Crippen LogP contribution in [0.2, 0.25) is 0 Å². The van der Waals surface area contributed by atoms with Crippen LogP contribution in [0, 0.1) is 12.8 Å². The highest BCUT2D eigenvalue weighted by Gasteiger charge is 2.26. The molecule has 0 aliphatic heterocycles. The smallest absolute Gasteiger partial charge is 0.138 e. The molecule has 0 bridgehead atoms. The van der Waals surface area contributed by atoms with Gasteiger partial charge in [0.25, 0.3) is 0 Å². The zero-order chi connectivity index (χ0) is 14.9. The van der Waals surface area contributed by atoms with E-state index in [2.05, 4.69) is 36.1 Å². The summed E-state index contributed by atoms with van der Waals surface area (Å²) in [6.45, 7) is 8.88. The van der Waals surface area contributed by atoms with Gasteiger partial charge in [0.1, 0.15) is 17.5 Å². The van der Waals surface area contributed by atoms with Crippen LogP contribution in [0.3, 0.4) is 0 Å². The van der Waals surface area contributed by atoms with E-state index in [0.29, 0.717) is 11.7 Å². The first kappa shape index (κ1) is 15.0. The largest absolute Gasteiger partial charge is 0.393 e. The number of aromatic nitrogens is 2. The number of aliphatic hydroxyl groups is 1. The molecule has 1 aliphatic rings. The lowest BCUT2D eigenvalue weighted by Crippen LogP contribution is -2.24. The summed E-state index contributed by atoms with van der Waals surface area (Å²) in [4.78, 5) is 8.98. The lowest BCUT2D eigenvalue weighted by atomic mass is 9.95. The fraction of sp³-hybridized carbons (Fsp3) is 0.733. The average molecular weight is 278 g/mol. The second-order valence-corrected chi connectivity index (χ2v) is 6.80. The fourth-order valence-corrected chi connectivity index (χ4v) is 2.52. The van der Waals surface area contributed by atoms with Crippen molar-refractivity contribution in [1.29, 1.82) is 0 Å². The molecule has 0 radical (unpaired) electrons. The molecular weight excluding hydrogens is 252 g/mol. The van der Waals surface area contributed by atoms with Crippen LogP contribution in [-0.4, -0.2) is 27.7 Å². The van der Waals surface area contributed by atoms with Crippen LogP contribution in [0.1, 0.15) is 51.4 Å². The summed E-state index contributed by atoms with van der Waals surface area (Å²) in [7, 11) is 0. The normalized spacial score (nSPS) is 23.1. The molecule has 2 atom stereocenters. The van der Waals surface area contributed by atoms with E-state index in [-0.39, 0.29) is 11.5 Å². The molecule has 5 heteroatoms. The Kier molecular flexibility index (Phi) is 4.18. The van der Waals surface area contributed by atoms with E-state index in [4.69, 9.17) is 5.73 Å². The fourth-order valence-electron chi connectivity index (χ4n) is 2.52. The van der Waals surface area contributed by atoms with Crippen molar-refractivity contribution in [3.05, 3.63) is 11.4 Å². The molecule has 2 unspecified atom stereocenters. The van der Waals surface area contributed by atoms with Gasteiger partial charge in [0.2, 0.25) is 0 Å². The second kappa shape index (κ2) is 5.56. The summed E-state index contributed by atoms with van der Waals surface area (Å²) in [5.41, 5.74) is 6.73. The minimum absolute atomic E-state index is 0.134. The van der Waals surface area contributed by atoms with Crippen LogP contribution in [0.15, 0.2) is 0 Å². The van der Waals surface area contributed by atoms with E-state index in [1.165, 1.54) is 0 Å².